The van der Waals surface area contributed by atoms with Crippen molar-refractivity contribution in [3.8, 4) is 0 Å². The van der Waals surface area contributed by atoms with Gasteiger partial charge in [0.05, 0.1) is 16.1 Å². The van der Waals surface area contributed by atoms with E-state index in [-0.39, 0.29) is 6.04 Å². The van der Waals surface area contributed by atoms with Gasteiger partial charge in [0.1, 0.15) is 0 Å². The lowest BCUT2D eigenvalue weighted by atomic mass is 9.97. The van der Waals surface area contributed by atoms with Crippen molar-refractivity contribution >= 4 is 34.8 Å². The molecule has 0 fully saturated rings. The van der Waals surface area contributed by atoms with Gasteiger partial charge in [-0.15, -0.1) is 0 Å². The molecule has 1 atom stereocenters. The molecule has 0 amide bonds. The van der Waals surface area contributed by atoms with Crippen LogP contribution in [0.4, 0.5) is 0 Å². The molecule has 106 valence electrons. The van der Waals surface area contributed by atoms with Crippen molar-refractivity contribution in [1.82, 2.24) is 5.32 Å². The summed E-state index contributed by atoms with van der Waals surface area (Å²) in [5.74, 6) is 0. The van der Waals surface area contributed by atoms with Gasteiger partial charge in [-0.1, -0.05) is 66.0 Å². The molecule has 1 unspecified atom stereocenters. The van der Waals surface area contributed by atoms with Crippen LogP contribution in [-0.4, -0.2) is 6.54 Å². The second kappa shape index (κ2) is 6.82. The van der Waals surface area contributed by atoms with Crippen LogP contribution in [0, 0.1) is 6.92 Å². The van der Waals surface area contributed by atoms with Gasteiger partial charge in [-0.3, -0.25) is 0 Å². The van der Waals surface area contributed by atoms with E-state index in [4.69, 9.17) is 34.8 Å². The van der Waals surface area contributed by atoms with Gasteiger partial charge in [0.15, 0.2) is 0 Å². The fourth-order valence-electron chi connectivity index (χ4n) is 2.14. The molecule has 2 aromatic carbocycles. The van der Waals surface area contributed by atoms with Gasteiger partial charge in [-0.25, -0.2) is 0 Å². The third kappa shape index (κ3) is 3.29. The molecule has 2 aromatic rings. The molecule has 0 heterocycles. The van der Waals surface area contributed by atoms with Crippen LogP contribution in [-0.2, 0) is 0 Å². The molecule has 0 saturated carbocycles. The number of aryl methyl sites for hydroxylation is 1. The summed E-state index contributed by atoms with van der Waals surface area (Å²) >= 11 is 18.7. The Kier molecular flexibility index (Phi) is 5.34. The third-order valence-corrected chi connectivity index (χ3v) is 4.47. The Morgan fingerprint density at radius 1 is 1.05 bits per heavy atom. The van der Waals surface area contributed by atoms with Crippen molar-refractivity contribution in [3.05, 3.63) is 68.2 Å². The van der Waals surface area contributed by atoms with Gasteiger partial charge in [-0.2, -0.15) is 0 Å². The second-order valence-electron chi connectivity index (χ2n) is 4.64. The summed E-state index contributed by atoms with van der Waals surface area (Å²) in [6.07, 6.45) is 0. The molecule has 20 heavy (non-hydrogen) atoms. The summed E-state index contributed by atoms with van der Waals surface area (Å²) in [6.45, 7) is 4.86. The topological polar surface area (TPSA) is 12.0 Å². The van der Waals surface area contributed by atoms with Gasteiger partial charge in [-0.05, 0) is 42.3 Å². The van der Waals surface area contributed by atoms with E-state index in [1.807, 2.05) is 31.2 Å². The van der Waals surface area contributed by atoms with E-state index in [1.165, 1.54) is 0 Å². The van der Waals surface area contributed by atoms with Crippen molar-refractivity contribution in [1.29, 1.82) is 0 Å². The first kappa shape index (κ1) is 15.7. The quantitative estimate of drug-likeness (QED) is 0.764. The Bertz CT molecular complexity index is 611. The van der Waals surface area contributed by atoms with E-state index in [0.717, 1.165) is 28.3 Å². The van der Waals surface area contributed by atoms with Crippen LogP contribution in [0.1, 0.15) is 29.7 Å². The molecule has 0 aromatic heterocycles. The number of hydrogen-bond acceptors (Lipinski definition) is 1. The molecule has 0 aliphatic heterocycles. The Labute approximate surface area is 134 Å². The zero-order valence-corrected chi connectivity index (χ0v) is 13.7. The summed E-state index contributed by atoms with van der Waals surface area (Å²) in [7, 11) is 0. The molecule has 0 aliphatic rings. The molecule has 0 aliphatic carbocycles. The van der Waals surface area contributed by atoms with Crippen LogP contribution >= 0.6 is 34.8 Å². The molecule has 4 heteroatoms. The average molecular weight is 329 g/mol. The smallest absolute Gasteiger partial charge is 0.0643 e. The summed E-state index contributed by atoms with van der Waals surface area (Å²) in [4.78, 5) is 0. The van der Waals surface area contributed by atoms with Crippen LogP contribution in [0.3, 0.4) is 0 Å². The summed E-state index contributed by atoms with van der Waals surface area (Å²) in [5, 5.41) is 5.32. The maximum Gasteiger partial charge on any atom is 0.0643 e. The molecule has 0 bridgehead atoms. The first-order valence-electron chi connectivity index (χ1n) is 6.48. The maximum atomic E-state index is 6.34. The lowest BCUT2D eigenvalue weighted by molar-refractivity contribution is 0.631. The first-order chi connectivity index (χ1) is 9.54. The van der Waals surface area contributed by atoms with Gasteiger partial charge >= 0.3 is 0 Å². The summed E-state index contributed by atoms with van der Waals surface area (Å²) < 4.78 is 0. The van der Waals surface area contributed by atoms with Gasteiger partial charge in [0.25, 0.3) is 0 Å². The van der Waals surface area contributed by atoms with E-state index in [1.54, 1.807) is 6.07 Å². The number of nitrogens with one attached hydrogen (secondary N) is 1. The Hall–Kier alpha value is -0.730. The molecule has 0 spiro atoms. The molecular formula is C16H16Cl3N. The predicted octanol–water partition coefficient (Wildman–Crippen LogP) is 5.65. The van der Waals surface area contributed by atoms with Crippen molar-refractivity contribution in [2.24, 2.45) is 0 Å². The lowest BCUT2D eigenvalue weighted by Crippen LogP contribution is -2.22. The highest BCUT2D eigenvalue weighted by molar-refractivity contribution is 6.42. The Morgan fingerprint density at radius 2 is 1.80 bits per heavy atom. The van der Waals surface area contributed by atoms with Crippen LogP contribution in [0.25, 0.3) is 0 Å². The standard InChI is InChI=1S/C16H16Cl3N/c1-3-20-16(11-8-7-10(2)14(18)9-11)12-5-4-6-13(17)15(12)19/h4-9,16,20H,3H2,1-2H3. The highest BCUT2D eigenvalue weighted by Gasteiger charge is 2.18. The fourth-order valence-corrected chi connectivity index (χ4v) is 2.75. The average Bonchev–Trinajstić information content (AvgIpc) is 2.43. The van der Waals surface area contributed by atoms with E-state index < -0.39 is 0 Å². The Balaban J connectivity index is 2.50. The predicted molar refractivity (Wildman–Crippen MR) is 88.2 cm³/mol. The number of benzene rings is 2. The van der Waals surface area contributed by atoms with E-state index >= 15 is 0 Å². The van der Waals surface area contributed by atoms with Crippen molar-refractivity contribution in [2.75, 3.05) is 6.54 Å². The minimum Gasteiger partial charge on any atom is -0.306 e. The second-order valence-corrected chi connectivity index (χ2v) is 5.83. The number of rotatable bonds is 4. The summed E-state index contributed by atoms with van der Waals surface area (Å²) in [5.41, 5.74) is 3.09. The van der Waals surface area contributed by atoms with Crippen molar-refractivity contribution in [2.45, 2.75) is 19.9 Å². The SMILES string of the molecule is CCNC(c1ccc(C)c(Cl)c1)c1cccc(Cl)c1Cl. The van der Waals surface area contributed by atoms with Crippen molar-refractivity contribution < 1.29 is 0 Å². The monoisotopic (exact) mass is 327 g/mol. The largest absolute Gasteiger partial charge is 0.306 e. The third-order valence-electron chi connectivity index (χ3n) is 3.23. The van der Waals surface area contributed by atoms with Gasteiger partial charge < -0.3 is 5.32 Å². The van der Waals surface area contributed by atoms with E-state index in [0.29, 0.717) is 10.0 Å². The highest BCUT2D eigenvalue weighted by atomic mass is 35.5. The number of halogens is 3. The molecule has 2 rings (SSSR count). The molecule has 0 saturated heterocycles. The Morgan fingerprint density at radius 3 is 2.45 bits per heavy atom. The van der Waals surface area contributed by atoms with Gasteiger partial charge in [0, 0.05) is 5.02 Å². The highest BCUT2D eigenvalue weighted by Crippen LogP contribution is 2.34. The molecule has 0 radical (unpaired) electrons. The molecule has 1 nitrogen and oxygen atoms in total. The molecular weight excluding hydrogens is 313 g/mol. The zero-order valence-electron chi connectivity index (χ0n) is 11.4. The van der Waals surface area contributed by atoms with Crippen LogP contribution < -0.4 is 5.32 Å². The maximum absolute atomic E-state index is 6.34. The summed E-state index contributed by atoms with van der Waals surface area (Å²) in [6, 6.07) is 11.7. The zero-order chi connectivity index (χ0) is 14.7. The van der Waals surface area contributed by atoms with Crippen LogP contribution in [0.5, 0.6) is 0 Å². The molecule has 1 N–H and O–H groups in total. The minimum atomic E-state index is -0.0238. The van der Waals surface area contributed by atoms with E-state index in [9.17, 15) is 0 Å². The first-order valence-corrected chi connectivity index (χ1v) is 7.61. The van der Waals surface area contributed by atoms with Gasteiger partial charge in [0.2, 0.25) is 0 Å². The normalized spacial score (nSPS) is 12.4. The lowest BCUT2D eigenvalue weighted by Gasteiger charge is -2.21. The van der Waals surface area contributed by atoms with E-state index in [2.05, 4.69) is 18.3 Å². The fraction of sp³-hybridized carbons (Fsp3) is 0.250. The minimum absolute atomic E-state index is 0.0238. The van der Waals surface area contributed by atoms with Crippen LogP contribution in [0.2, 0.25) is 15.1 Å². The van der Waals surface area contributed by atoms with Crippen LogP contribution in [0.15, 0.2) is 36.4 Å². The number of hydrogen-bond donors (Lipinski definition) is 1. The van der Waals surface area contributed by atoms with Crippen molar-refractivity contribution in [3.63, 3.8) is 0 Å².